The van der Waals surface area contributed by atoms with Gasteiger partial charge in [-0.15, -0.1) is 0 Å². The van der Waals surface area contributed by atoms with E-state index in [1.807, 2.05) is 6.92 Å². The Morgan fingerprint density at radius 2 is 2.12 bits per heavy atom. The molecule has 0 saturated heterocycles. The summed E-state index contributed by atoms with van der Waals surface area (Å²) in [5, 5.41) is 0.387. The van der Waals surface area contributed by atoms with Gasteiger partial charge in [-0.2, -0.15) is 0 Å². The fraction of sp³-hybridized carbons (Fsp3) is 0.417. The number of rotatable bonds is 4. The lowest BCUT2D eigenvalue weighted by molar-refractivity contribution is 0.0379. The van der Waals surface area contributed by atoms with Crippen LogP contribution < -0.4 is 10.5 Å². The van der Waals surface area contributed by atoms with Gasteiger partial charge in [0.05, 0.1) is 24.0 Å². The molecule has 1 aromatic rings. The van der Waals surface area contributed by atoms with Gasteiger partial charge in [0.1, 0.15) is 5.75 Å². The predicted molar refractivity (Wildman–Crippen MR) is 67.6 cm³/mol. The molecular formula is C12H16ClNO3. The van der Waals surface area contributed by atoms with Crippen LogP contribution in [-0.2, 0) is 4.74 Å². The Bertz CT molecular complexity index is 418. The van der Waals surface area contributed by atoms with Crippen LogP contribution in [0.25, 0.3) is 0 Å². The highest BCUT2D eigenvalue weighted by atomic mass is 35.5. The molecule has 2 N–H and O–H groups in total. The van der Waals surface area contributed by atoms with Crippen molar-refractivity contribution in [3.63, 3.8) is 0 Å². The van der Waals surface area contributed by atoms with E-state index in [0.29, 0.717) is 17.4 Å². The number of carbonyl (C=O) groups excluding carboxylic acids is 1. The molecule has 0 fully saturated rings. The van der Waals surface area contributed by atoms with Crippen molar-refractivity contribution in [3.05, 3.63) is 22.7 Å². The normalized spacial score (nSPS) is 10.4. The molecule has 5 heteroatoms. The highest BCUT2D eigenvalue weighted by molar-refractivity contribution is 6.31. The van der Waals surface area contributed by atoms with Crippen molar-refractivity contribution < 1.29 is 14.3 Å². The lowest BCUT2D eigenvalue weighted by Gasteiger charge is -2.13. The number of halogens is 1. The first-order valence-corrected chi connectivity index (χ1v) is 5.76. The molecular weight excluding hydrogens is 242 g/mol. The van der Waals surface area contributed by atoms with Crippen LogP contribution in [0.5, 0.6) is 5.75 Å². The van der Waals surface area contributed by atoms with Gasteiger partial charge < -0.3 is 15.2 Å². The zero-order valence-corrected chi connectivity index (χ0v) is 10.9. The smallest absolute Gasteiger partial charge is 0.340 e. The second-order valence-corrected chi connectivity index (χ2v) is 4.19. The SMILES string of the molecule is CCOc1cc(Cl)cc(C(=O)OC(C)C)c1N. The Morgan fingerprint density at radius 1 is 1.47 bits per heavy atom. The quantitative estimate of drug-likeness (QED) is 0.666. The minimum atomic E-state index is -0.499. The van der Waals surface area contributed by atoms with Crippen molar-refractivity contribution >= 4 is 23.3 Å². The van der Waals surface area contributed by atoms with E-state index in [0.717, 1.165) is 0 Å². The van der Waals surface area contributed by atoms with E-state index < -0.39 is 5.97 Å². The predicted octanol–water partition coefficient (Wildman–Crippen LogP) is 2.89. The average Bonchev–Trinajstić information content (AvgIpc) is 2.22. The van der Waals surface area contributed by atoms with E-state index in [-0.39, 0.29) is 17.4 Å². The van der Waals surface area contributed by atoms with Gasteiger partial charge in [0, 0.05) is 11.1 Å². The van der Waals surface area contributed by atoms with E-state index >= 15 is 0 Å². The molecule has 4 nitrogen and oxygen atoms in total. The number of nitrogen functional groups attached to an aromatic ring is 1. The van der Waals surface area contributed by atoms with Crippen molar-refractivity contribution in [1.29, 1.82) is 0 Å². The van der Waals surface area contributed by atoms with Gasteiger partial charge >= 0.3 is 5.97 Å². The largest absolute Gasteiger partial charge is 0.492 e. The van der Waals surface area contributed by atoms with Crippen LogP contribution in [0.3, 0.4) is 0 Å². The maximum Gasteiger partial charge on any atom is 0.340 e. The second-order valence-electron chi connectivity index (χ2n) is 3.75. The highest BCUT2D eigenvalue weighted by Crippen LogP contribution is 2.30. The first-order chi connectivity index (χ1) is 7.95. The van der Waals surface area contributed by atoms with Crippen LogP contribution >= 0.6 is 11.6 Å². The monoisotopic (exact) mass is 257 g/mol. The van der Waals surface area contributed by atoms with Crippen LogP contribution in [0.4, 0.5) is 5.69 Å². The van der Waals surface area contributed by atoms with Gasteiger partial charge in [-0.25, -0.2) is 4.79 Å². The lowest BCUT2D eigenvalue weighted by Crippen LogP contribution is -2.14. The number of carbonyl (C=O) groups is 1. The van der Waals surface area contributed by atoms with E-state index in [1.54, 1.807) is 19.9 Å². The van der Waals surface area contributed by atoms with Gasteiger partial charge in [0.2, 0.25) is 0 Å². The highest BCUT2D eigenvalue weighted by Gasteiger charge is 2.17. The van der Waals surface area contributed by atoms with Gasteiger partial charge in [0.15, 0.2) is 0 Å². The number of ether oxygens (including phenoxy) is 2. The van der Waals surface area contributed by atoms with E-state index in [2.05, 4.69) is 0 Å². The minimum absolute atomic E-state index is 0.212. The molecule has 94 valence electrons. The summed E-state index contributed by atoms with van der Waals surface area (Å²) in [7, 11) is 0. The van der Waals surface area contributed by atoms with Crippen LogP contribution in [0.15, 0.2) is 12.1 Å². The summed E-state index contributed by atoms with van der Waals surface area (Å²) in [4.78, 5) is 11.8. The Hall–Kier alpha value is -1.42. The Balaban J connectivity index is 3.10. The van der Waals surface area contributed by atoms with E-state index in [4.69, 9.17) is 26.8 Å². The van der Waals surface area contributed by atoms with Crippen molar-refractivity contribution in [3.8, 4) is 5.75 Å². The summed E-state index contributed by atoms with van der Waals surface area (Å²) in [6, 6.07) is 3.05. The fourth-order valence-corrected chi connectivity index (χ4v) is 1.52. The number of hydrogen-bond acceptors (Lipinski definition) is 4. The molecule has 0 heterocycles. The fourth-order valence-electron chi connectivity index (χ4n) is 1.31. The molecule has 0 bridgehead atoms. The van der Waals surface area contributed by atoms with Crippen LogP contribution in [-0.4, -0.2) is 18.7 Å². The topological polar surface area (TPSA) is 61.5 Å². The van der Waals surface area contributed by atoms with Crippen LogP contribution in [0, 0.1) is 0 Å². The Morgan fingerprint density at radius 3 is 2.65 bits per heavy atom. The maximum atomic E-state index is 11.8. The van der Waals surface area contributed by atoms with E-state index in [1.165, 1.54) is 6.07 Å². The second kappa shape index (κ2) is 5.77. The molecule has 0 aliphatic rings. The molecule has 0 atom stereocenters. The molecule has 0 saturated carbocycles. The summed E-state index contributed by atoms with van der Waals surface area (Å²) in [5.74, 6) is -0.100. The molecule has 0 unspecified atom stereocenters. The average molecular weight is 258 g/mol. The lowest BCUT2D eigenvalue weighted by atomic mass is 10.1. The molecule has 17 heavy (non-hydrogen) atoms. The molecule has 1 aromatic carbocycles. The first kappa shape index (κ1) is 13.6. The standard InChI is InChI=1S/C12H16ClNO3/c1-4-16-10-6-8(13)5-9(11(10)14)12(15)17-7(2)3/h5-7H,4,14H2,1-3H3. The number of anilines is 1. The number of esters is 1. The van der Waals surface area contributed by atoms with Crippen molar-refractivity contribution in [2.75, 3.05) is 12.3 Å². The van der Waals surface area contributed by atoms with Crippen molar-refractivity contribution in [2.45, 2.75) is 26.9 Å². The van der Waals surface area contributed by atoms with Gasteiger partial charge in [-0.1, -0.05) is 11.6 Å². The third kappa shape index (κ3) is 3.53. The summed E-state index contributed by atoms with van der Waals surface area (Å²) in [6.07, 6.45) is -0.212. The number of hydrogen-bond donors (Lipinski definition) is 1. The Labute approximate surface area is 106 Å². The molecule has 0 aromatic heterocycles. The summed E-state index contributed by atoms with van der Waals surface area (Å²) in [5.41, 5.74) is 6.31. The number of nitrogens with two attached hydrogens (primary N) is 1. The maximum absolute atomic E-state index is 11.8. The molecule has 0 amide bonds. The zero-order valence-electron chi connectivity index (χ0n) is 10.1. The molecule has 1 rings (SSSR count). The third-order valence-corrected chi connectivity index (χ3v) is 2.19. The van der Waals surface area contributed by atoms with Crippen LogP contribution in [0.2, 0.25) is 5.02 Å². The van der Waals surface area contributed by atoms with Gasteiger partial charge in [-0.3, -0.25) is 0 Å². The molecule has 0 aliphatic heterocycles. The van der Waals surface area contributed by atoms with Crippen LogP contribution in [0.1, 0.15) is 31.1 Å². The van der Waals surface area contributed by atoms with Gasteiger partial charge in [-0.05, 0) is 26.8 Å². The minimum Gasteiger partial charge on any atom is -0.492 e. The third-order valence-electron chi connectivity index (χ3n) is 1.97. The zero-order chi connectivity index (χ0) is 13.0. The summed E-state index contributed by atoms with van der Waals surface area (Å²) < 4.78 is 10.4. The molecule has 0 spiro atoms. The Kier molecular flexibility index (Phi) is 4.63. The van der Waals surface area contributed by atoms with Gasteiger partial charge in [0.25, 0.3) is 0 Å². The first-order valence-electron chi connectivity index (χ1n) is 5.38. The number of benzene rings is 1. The molecule has 0 radical (unpaired) electrons. The van der Waals surface area contributed by atoms with E-state index in [9.17, 15) is 4.79 Å². The molecule has 0 aliphatic carbocycles. The summed E-state index contributed by atoms with van der Waals surface area (Å²) >= 11 is 5.90. The van der Waals surface area contributed by atoms with Crippen molar-refractivity contribution in [1.82, 2.24) is 0 Å². The summed E-state index contributed by atoms with van der Waals surface area (Å²) in [6.45, 7) is 5.81. The van der Waals surface area contributed by atoms with Crippen molar-refractivity contribution in [2.24, 2.45) is 0 Å².